The summed E-state index contributed by atoms with van der Waals surface area (Å²) in [6.07, 6.45) is 15.8. The van der Waals surface area contributed by atoms with Gasteiger partial charge in [0.05, 0.1) is 0 Å². The third-order valence-electron chi connectivity index (χ3n) is 12.3. The lowest BCUT2D eigenvalue weighted by atomic mass is 9.90. The third-order valence-corrected chi connectivity index (χ3v) is 13.4. The van der Waals surface area contributed by atoms with E-state index in [1.807, 2.05) is 11.3 Å². The molecule has 0 unspecified atom stereocenters. The molecule has 1 heterocycles. The first-order chi connectivity index (χ1) is 27.2. The fourth-order valence-electron chi connectivity index (χ4n) is 9.61. The van der Waals surface area contributed by atoms with Crippen LogP contribution in [0.4, 0.5) is 11.4 Å². The number of nitrogens with zero attached hydrogens (tertiary/aromatic N) is 1. The van der Waals surface area contributed by atoms with E-state index in [1.54, 1.807) is 0 Å². The minimum absolute atomic E-state index is 0.961. The predicted molar refractivity (Wildman–Crippen MR) is 238 cm³/mol. The van der Waals surface area contributed by atoms with Gasteiger partial charge in [-0.1, -0.05) is 128 Å². The second kappa shape index (κ2) is 13.1. The van der Waals surface area contributed by atoms with Crippen LogP contribution in [-0.2, 0) is 19.3 Å². The van der Waals surface area contributed by atoms with E-state index < -0.39 is 0 Å². The second-order valence-corrected chi connectivity index (χ2v) is 16.4. The van der Waals surface area contributed by atoms with E-state index in [1.165, 1.54) is 109 Å². The quantitative estimate of drug-likeness (QED) is 0.165. The van der Waals surface area contributed by atoms with Crippen molar-refractivity contribution in [1.29, 1.82) is 0 Å². The summed E-state index contributed by atoms with van der Waals surface area (Å²) >= 11 is 1.94. The van der Waals surface area contributed by atoms with Crippen molar-refractivity contribution in [3.63, 3.8) is 0 Å². The molecule has 0 radical (unpaired) electrons. The highest BCUT2D eigenvalue weighted by Gasteiger charge is 2.27. The number of anilines is 2. The normalized spacial score (nSPS) is 14.5. The third kappa shape index (κ3) is 5.34. The average molecular weight is 724 g/mol. The summed E-state index contributed by atoms with van der Waals surface area (Å²) in [4.78, 5) is 2.51. The van der Waals surface area contributed by atoms with Crippen molar-refractivity contribution in [3.8, 4) is 22.3 Å². The number of thiophene rings is 1. The molecule has 7 aromatic carbocycles. The van der Waals surface area contributed by atoms with Crippen LogP contribution < -0.4 is 4.90 Å². The van der Waals surface area contributed by atoms with E-state index in [0.717, 1.165) is 38.5 Å². The molecule has 0 fully saturated rings. The molecule has 0 saturated carbocycles. The molecule has 0 aliphatic heterocycles. The fourth-order valence-corrected chi connectivity index (χ4v) is 10.8. The molecule has 0 bridgehead atoms. The highest BCUT2D eigenvalue weighted by molar-refractivity contribution is 7.26. The molecule has 0 saturated heterocycles. The molecule has 0 spiro atoms. The van der Waals surface area contributed by atoms with Gasteiger partial charge in [-0.05, 0) is 147 Å². The van der Waals surface area contributed by atoms with Gasteiger partial charge in [0, 0.05) is 37.2 Å². The molecule has 2 heteroatoms. The Morgan fingerprint density at radius 2 is 1.44 bits per heavy atom. The van der Waals surface area contributed by atoms with Gasteiger partial charge in [-0.15, -0.1) is 11.3 Å². The topological polar surface area (TPSA) is 3.24 Å². The van der Waals surface area contributed by atoms with Crippen LogP contribution in [0.3, 0.4) is 0 Å². The lowest BCUT2D eigenvalue weighted by Crippen LogP contribution is -2.17. The van der Waals surface area contributed by atoms with Crippen molar-refractivity contribution in [2.45, 2.75) is 45.4 Å². The highest BCUT2D eigenvalue weighted by Crippen LogP contribution is 2.50. The van der Waals surface area contributed by atoms with Crippen LogP contribution in [0.25, 0.3) is 64.8 Å². The van der Waals surface area contributed by atoms with Crippen LogP contribution in [0.5, 0.6) is 0 Å². The predicted octanol–water partition coefficient (Wildman–Crippen LogP) is 14.9. The van der Waals surface area contributed by atoms with Crippen molar-refractivity contribution in [2.75, 3.05) is 4.90 Å². The van der Waals surface area contributed by atoms with Crippen LogP contribution in [0.2, 0.25) is 0 Å². The Hall–Kier alpha value is -5.96. The molecular formula is C53H41NS. The largest absolute Gasteiger partial charge is 0.314 e. The summed E-state index contributed by atoms with van der Waals surface area (Å²) < 4.78 is 2.71. The van der Waals surface area contributed by atoms with Crippen molar-refractivity contribution in [2.24, 2.45) is 0 Å². The minimum Gasteiger partial charge on any atom is -0.314 e. The van der Waals surface area contributed by atoms with E-state index in [-0.39, 0.29) is 0 Å². The molecule has 0 N–H and O–H groups in total. The maximum Gasteiger partial charge on any atom is 0.0472 e. The maximum atomic E-state index is 2.51. The first-order valence-electron chi connectivity index (χ1n) is 19.9. The molecule has 3 aliphatic rings. The summed E-state index contributed by atoms with van der Waals surface area (Å²) in [6, 6.07) is 50.3. The standard InChI is InChI=1S/C53H41NS/c1-2-34-10-3-6-14-43(34)37-18-24-40(25-19-37)54(41-26-20-38(21-27-41)45-17-9-13-35-11-4-7-15-44(35)45)42-28-30-48-51(33-42)55-50-31-23-39-32-49-46-16-8-5-12-36(46)22-29-47(49)52(39)53(48)50/h3-4,6-11,13-20,22-26,28-31,33H,2,5,12,21,27,32H2,1H3. The Labute approximate surface area is 327 Å². The van der Waals surface area contributed by atoms with Crippen LogP contribution in [0.1, 0.15) is 59.6 Å². The fraction of sp³-hybridized carbons (Fsp3) is 0.132. The van der Waals surface area contributed by atoms with Gasteiger partial charge in [-0.3, -0.25) is 0 Å². The Morgan fingerprint density at radius 3 is 2.33 bits per heavy atom. The number of aryl methyl sites for hydroxylation is 2. The molecular weight excluding hydrogens is 683 g/mol. The van der Waals surface area contributed by atoms with E-state index in [9.17, 15) is 0 Å². The van der Waals surface area contributed by atoms with Gasteiger partial charge in [-0.25, -0.2) is 0 Å². The Bertz CT molecular complexity index is 2930. The molecule has 55 heavy (non-hydrogen) atoms. The average Bonchev–Trinajstić information content (AvgIpc) is 3.82. The van der Waals surface area contributed by atoms with Crippen LogP contribution in [0, 0.1) is 0 Å². The number of rotatable bonds is 6. The summed E-state index contributed by atoms with van der Waals surface area (Å²) in [5, 5.41) is 5.41. The number of benzene rings is 7. The monoisotopic (exact) mass is 723 g/mol. The zero-order chi connectivity index (χ0) is 36.5. The lowest BCUT2D eigenvalue weighted by molar-refractivity contribution is 0.931. The zero-order valence-electron chi connectivity index (χ0n) is 31.1. The van der Waals surface area contributed by atoms with E-state index in [0.29, 0.717) is 0 Å². The van der Waals surface area contributed by atoms with Crippen molar-refractivity contribution >= 4 is 65.3 Å². The van der Waals surface area contributed by atoms with Gasteiger partial charge in [0.15, 0.2) is 0 Å². The Morgan fingerprint density at radius 1 is 0.618 bits per heavy atom. The number of fused-ring (bicyclic) bond motifs is 10. The second-order valence-electron chi connectivity index (χ2n) is 15.3. The molecule has 0 amide bonds. The van der Waals surface area contributed by atoms with Gasteiger partial charge in [0.2, 0.25) is 0 Å². The van der Waals surface area contributed by atoms with Crippen LogP contribution in [0.15, 0.2) is 157 Å². The Kier molecular flexibility index (Phi) is 7.74. The first kappa shape index (κ1) is 32.5. The molecule has 3 aliphatic carbocycles. The van der Waals surface area contributed by atoms with Crippen molar-refractivity contribution < 1.29 is 0 Å². The Balaban J connectivity index is 1.04. The SMILES string of the molecule is CCc1ccccc1-c1ccc(N(C2=CC=C(c3cccc4ccccc34)CC2)c2ccc3c(c2)sc2ccc4c(c23)-c2ccc3c(c2C4)C=CCC3)cc1. The summed E-state index contributed by atoms with van der Waals surface area (Å²) in [7, 11) is 0. The molecule has 11 rings (SSSR count). The van der Waals surface area contributed by atoms with Gasteiger partial charge < -0.3 is 4.90 Å². The lowest BCUT2D eigenvalue weighted by Gasteiger charge is -2.30. The van der Waals surface area contributed by atoms with Crippen LogP contribution in [-0.4, -0.2) is 0 Å². The number of hydrogen-bond donors (Lipinski definition) is 0. The summed E-state index contributed by atoms with van der Waals surface area (Å²) in [5.41, 5.74) is 19.3. The highest BCUT2D eigenvalue weighted by atomic mass is 32.1. The molecule has 264 valence electrons. The van der Waals surface area contributed by atoms with Crippen LogP contribution >= 0.6 is 11.3 Å². The smallest absolute Gasteiger partial charge is 0.0472 e. The minimum atomic E-state index is 0.961. The molecule has 1 nitrogen and oxygen atoms in total. The molecule has 0 atom stereocenters. The van der Waals surface area contributed by atoms with Gasteiger partial charge in [-0.2, -0.15) is 0 Å². The molecule has 1 aromatic heterocycles. The maximum absolute atomic E-state index is 2.51. The molecule has 8 aromatic rings. The van der Waals surface area contributed by atoms with Gasteiger partial charge in [0.25, 0.3) is 0 Å². The van der Waals surface area contributed by atoms with E-state index in [4.69, 9.17) is 0 Å². The summed E-state index contributed by atoms with van der Waals surface area (Å²) in [5.74, 6) is 0. The van der Waals surface area contributed by atoms with Crippen molar-refractivity contribution in [3.05, 3.63) is 191 Å². The van der Waals surface area contributed by atoms with Crippen molar-refractivity contribution in [1.82, 2.24) is 0 Å². The zero-order valence-corrected chi connectivity index (χ0v) is 31.9. The van der Waals surface area contributed by atoms with Gasteiger partial charge >= 0.3 is 0 Å². The summed E-state index contributed by atoms with van der Waals surface area (Å²) in [6.45, 7) is 2.24. The number of allylic oxidation sites excluding steroid dienone is 5. The number of hydrogen-bond acceptors (Lipinski definition) is 2. The van der Waals surface area contributed by atoms with E-state index >= 15 is 0 Å². The van der Waals surface area contributed by atoms with Gasteiger partial charge in [0.1, 0.15) is 0 Å². The first-order valence-corrected chi connectivity index (χ1v) is 20.7. The van der Waals surface area contributed by atoms with E-state index in [2.05, 4.69) is 170 Å².